The lowest BCUT2D eigenvalue weighted by Gasteiger charge is -2.32. The molecule has 1 aliphatic rings. The molecular weight excluding hydrogens is 260 g/mol. The fraction of sp³-hybridized carbons (Fsp3) is 0.571. The van der Waals surface area contributed by atoms with E-state index in [-0.39, 0.29) is 11.2 Å². The molecule has 0 bridgehead atoms. The highest BCUT2D eigenvalue weighted by Gasteiger charge is 2.52. The second-order valence-electron chi connectivity index (χ2n) is 5.93. The Morgan fingerprint density at radius 1 is 1.16 bits per heavy atom. The number of nitrogens with one attached hydrogen (secondary N) is 1. The van der Waals surface area contributed by atoms with Crippen molar-refractivity contribution in [1.29, 1.82) is 0 Å². The third kappa shape index (κ3) is 2.68. The summed E-state index contributed by atoms with van der Waals surface area (Å²) in [5, 5.41) is 3.83. The molecule has 1 aliphatic heterocycles. The summed E-state index contributed by atoms with van der Waals surface area (Å²) in [5.74, 6) is 0. The van der Waals surface area contributed by atoms with Crippen molar-refractivity contribution >= 4 is 24.2 Å². The highest BCUT2D eigenvalue weighted by Crippen LogP contribution is 2.37. The minimum absolute atomic E-state index is 0.353. The van der Waals surface area contributed by atoms with Gasteiger partial charge >= 0.3 is 7.12 Å². The Kier molecular flexibility index (Phi) is 3.98. The molecule has 0 atom stereocenters. The van der Waals surface area contributed by atoms with E-state index in [9.17, 15) is 0 Å². The predicted octanol–water partition coefficient (Wildman–Crippen LogP) is 2.36. The Balaban J connectivity index is 2.39. The highest BCUT2D eigenvalue weighted by atomic mass is 35.5. The van der Waals surface area contributed by atoms with Crippen LogP contribution in [0.25, 0.3) is 0 Å². The van der Waals surface area contributed by atoms with Gasteiger partial charge in [-0.3, -0.25) is 0 Å². The molecule has 1 aromatic rings. The van der Waals surface area contributed by atoms with Gasteiger partial charge in [-0.2, -0.15) is 0 Å². The second kappa shape index (κ2) is 5.10. The van der Waals surface area contributed by atoms with Gasteiger partial charge in [0.25, 0.3) is 0 Å². The molecule has 1 fully saturated rings. The summed E-state index contributed by atoms with van der Waals surface area (Å²) in [5.41, 5.74) is 1.33. The zero-order chi connectivity index (χ0) is 14.3. The minimum atomic E-state index is -0.415. The standard InChI is InChI=1S/C14H21BClNO2/c1-13(2)14(3,4)19-15(18-13)12-10(9-17-5)7-6-8-11(12)16/h6-8,17H,9H2,1-5H3. The molecule has 0 saturated carbocycles. The molecule has 5 heteroatoms. The zero-order valence-electron chi connectivity index (χ0n) is 12.2. The summed E-state index contributed by atoms with van der Waals surface area (Å²) in [6.45, 7) is 8.91. The topological polar surface area (TPSA) is 30.5 Å². The summed E-state index contributed by atoms with van der Waals surface area (Å²) in [7, 11) is 1.50. The second-order valence-corrected chi connectivity index (χ2v) is 6.34. The summed E-state index contributed by atoms with van der Waals surface area (Å²) < 4.78 is 12.2. The van der Waals surface area contributed by atoms with Crippen LogP contribution in [0.1, 0.15) is 33.3 Å². The van der Waals surface area contributed by atoms with E-state index in [0.717, 1.165) is 17.6 Å². The third-order valence-corrected chi connectivity index (χ3v) is 4.33. The van der Waals surface area contributed by atoms with Gasteiger partial charge in [-0.25, -0.2) is 0 Å². The summed E-state index contributed by atoms with van der Waals surface area (Å²) in [4.78, 5) is 0. The zero-order valence-corrected chi connectivity index (χ0v) is 13.0. The van der Waals surface area contributed by atoms with Crippen molar-refractivity contribution in [2.75, 3.05) is 7.05 Å². The van der Waals surface area contributed by atoms with E-state index in [0.29, 0.717) is 5.02 Å². The molecule has 104 valence electrons. The van der Waals surface area contributed by atoms with Crippen LogP contribution in [0.5, 0.6) is 0 Å². The first-order valence-corrected chi connectivity index (χ1v) is 6.94. The first-order valence-electron chi connectivity index (χ1n) is 6.56. The van der Waals surface area contributed by atoms with Crippen molar-refractivity contribution < 1.29 is 9.31 Å². The van der Waals surface area contributed by atoms with E-state index in [4.69, 9.17) is 20.9 Å². The average molecular weight is 282 g/mol. The Bertz CT molecular complexity index is 461. The fourth-order valence-electron chi connectivity index (χ4n) is 2.15. The van der Waals surface area contributed by atoms with Gasteiger partial charge in [-0.1, -0.05) is 23.7 Å². The Hall–Kier alpha value is -0.545. The lowest BCUT2D eigenvalue weighted by molar-refractivity contribution is 0.00578. The average Bonchev–Trinajstić information content (AvgIpc) is 2.48. The molecule has 1 aromatic carbocycles. The first kappa shape index (κ1) is 14.9. The number of hydrogen-bond acceptors (Lipinski definition) is 3. The maximum Gasteiger partial charge on any atom is 0.496 e. The van der Waals surface area contributed by atoms with Crippen molar-refractivity contribution in [1.82, 2.24) is 5.32 Å². The van der Waals surface area contributed by atoms with Crippen molar-refractivity contribution in [3.8, 4) is 0 Å². The van der Waals surface area contributed by atoms with Crippen molar-refractivity contribution in [3.05, 3.63) is 28.8 Å². The van der Waals surface area contributed by atoms with Crippen LogP contribution in [0, 0.1) is 0 Å². The van der Waals surface area contributed by atoms with Crippen LogP contribution in [0.2, 0.25) is 5.02 Å². The van der Waals surface area contributed by atoms with E-state index in [1.807, 2.05) is 52.9 Å². The van der Waals surface area contributed by atoms with Crippen LogP contribution in [0.3, 0.4) is 0 Å². The SMILES string of the molecule is CNCc1cccc(Cl)c1B1OC(C)(C)C(C)(C)O1. The Labute approximate surface area is 120 Å². The molecule has 19 heavy (non-hydrogen) atoms. The maximum absolute atomic E-state index is 6.34. The molecule has 1 N–H and O–H groups in total. The lowest BCUT2D eigenvalue weighted by atomic mass is 9.75. The van der Waals surface area contributed by atoms with E-state index < -0.39 is 7.12 Å². The molecule has 0 spiro atoms. The number of benzene rings is 1. The van der Waals surface area contributed by atoms with Crippen LogP contribution in [0.4, 0.5) is 0 Å². The van der Waals surface area contributed by atoms with Gasteiger partial charge in [0.1, 0.15) is 0 Å². The van der Waals surface area contributed by atoms with Crippen LogP contribution in [-0.2, 0) is 15.9 Å². The van der Waals surface area contributed by atoms with Crippen molar-refractivity contribution in [2.45, 2.75) is 45.4 Å². The molecule has 1 heterocycles. The molecule has 0 aliphatic carbocycles. The molecule has 0 radical (unpaired) electrons. The number of halogens is 1. The van der Waals surface area contributed by atoms with Crippen LogP contribution < -0.4 is 10.8 Å². The fourth-order valence-corrected chi connectivity index (χ4v) is 2.43. The van der Waals surface area contributed by atoms with Gasteiger partial charge in [0.05, 0.1) is 11.2 Å². The summed E-state index contributed by atoms with van der Waals surface area (Å²) >= 11 is 6.34. The monoisotopic (exact) mass is 281 g/mol. The normalized spacial score (nSPS) is 20.8. The lowest BCUT2D eigenvalue weighted by Crippen LogP contribution is -2.41. The number of hydrogen-bond donors (Lipinski definition) is 1. The third-order valence-electron chi connectivity index (χ3n) is 4.00. The van der Waals surface area contributed by atoms with Crippen LogP contribution >= 0.6 is 11.6 Å². The molecule has 2 rings (SSSR count). The van der Waals surface area contributed by atoms with E-state index in [1.165, 1.54) is 0 Å². The molecule has 3 nitrogen and oxygen atoms in total. The van der Waals surface area contributed by atoms with Gasteiger partial charge in [-0.15, -0.1) is 0 Å². The van der Waals surface area contributed by atoms with Crippen LogP contribution in [0.15, 0.2) is 18.2 Å². The quantitative estimate of drug-likeness (QED) is 0.863. The maximum atomic E-state index is 6.34. The highest BCUT2D eigenvalue weighted by molar-refractivity contribution is 6.66. The van der Waals surface area contributed by atoms with Crippen molar-refractivity contribution in [2.24, 2.45) is 0 Å². The van der Waals surface area contributed by atoms with E-state index in [2.05, 4.69) is 5.32 Å². The Morgan fingerprint density at radius 3 is 2.26 bits per heavy atom. The van der Waals surface area contributed by atoms with E-state index in [1.54, 1.807) is 0 Å². The van der Waals surface area contributed by atoms with E-state index >= 15 is 0 Å². The van der Waals surface area contributed by atoms with Gasteiger partial charge in [0, 0.05) is 17.0 Å². The van der Waals surface area contributed by atoms with Gasteiger partial charge in [0.15, 0.2) is 0 Å². The van der Waals surface area contributed by atoms with Gasteiger partial charge in [0.2, 0.25) is 0 Å². The molecule has 1 saturated heterocycles. The molecule has 0 amide bonds. The number of rotatable bonds is 3. The van der Waals surface area contributed by atoms with Crippen molar-refractivity contribution in [3.63, 3.8) is 0 Å². The molecule has 0 aromatic heterocycles. The predicted molar refractivity (Wildman–Crippen MR) is 79.9 cm³/mol. The summed E-state index contributed by atoms with van der Waals surface area (Å²) in [6.07, 6.45) is 0. The minimum Gasteiger partial charge on any atom is -0.399 e. The smallest absolute Gasteiger partial charge is 0.399 e. The summed E-state index contributed by atoms with van der Waals surface area (Å²) in [6, 6.07) is 5.87. The molecular formula is C14H21BClNO2. The Morgan fingerprint density at radius 2 is 1.74 bits per heavy atom. The first-order chi connectivity index (χ1) is 8.78. The largest absolute Gasteiger partial charge is 0.496 e. The van der Waals surface area contributed by atoms with Crippen LogP contribution in [-0.4, -0.2) is 25.4 Å². The van der Waals surface area contributed by atoms with Gasteiger partial charge in [-0.05, 0) is 46.4 Å². The molecule has 0 unspecified atom stereocenters. The van der Waals surface area contributed by atoms with Gasteiger partial charge < -0.3 is 14.6 Å².